The number of aliphatic imine (C=N–C) groups is 1. The van der Waals surface area contributed by atoms with E-state index in [2.05, 4.69) is 25.9 Å². The molecule has 32 heavy (non-hydrogen) atoms. The number of hydrogen-bond donors (Lipinski definition) is 3. The molecule has 0 aliphatic heterocycles. The average molecular weight is 434 g/mol. The molecule has 7 nitrogen and oxygen atoms in total. The predicted octanol–water partition coefficient (Wildman–Crippen LogP) is 6.50. The maximum absolute atomic E-state index is 12.3. The van der Waals surface area contributed by atoms with Gasteiger partial charge in [-0.15, -0.1) is 0 Å². The van der Waals surface area contributed by atoms with Crippen LogP contribution in [0.4, 0.5) is 27.9 Å². The highest BCUT2D eigenvalue weighted by atomic mass is 16.4. The molecule has 0 fully saturated rings. The molecule has 3 aromatic rings. The van der Waals surface area contributed by atoms with Crippen molar-refractivity contribution in [2.75, 3.05) is 23.0 Å². The van der Waals surface area contributed by atoms with Crippen LogP contribution < -0.4 is 16.0 Å². The zero-order valence-electron chi connectivity index (χ0n) is 19.3. The summed E-state index contributed by atoms with van der Waals surface area (Å²) in [5.74, 6) is 0.739. The Morgan fingerprint density at radius 2 is 1.75 bits per heavy atom. The normalized spacial score (nSPS) is 10.7. The van der Waals surface area contributed by atoms with Crippen molar-refractivity contribution in [1.29, 1.82) is 0 Å². The number of urea groups is 1. The standard InChI is InChI=1S/C23H25N5O2.C2H6/c1-16-7-10-18(11-8-16)26-22(29)27-19-12-9-17(2)21(14-19)28-23-25-15-20(30-23)6-4-5-13-24-3;1-2/h4-5,7-15H,6H2,1-3H3,(H,25,28)(H2,26,27,29);1-2H3/b5-4-,24-13?;. The van der Waals surface area contributed by atoms with Gasteiger partial charge in [-0.25, -0.2) is 9.78 Å². The van der Waals surface area contributed by atoms with Gasteiger partial charge in [0.2, 0.25) is 0 Å². The summed E-state index contributed by atoms with van der Waals surface area (Å²) in [6.07, 6.45) is 7.82. The first-order chi connectivity index (χ1) is 15.5. The number of amides is 2. The molecule has 7 heteroatoms. The van der Waals surface area contributed by atoms with Crippen LogP contribution >= 0.6 is 0 Å². The second-order valence-electron chi connectivity index (χ2n) is 6.77. The monoisotopic (exact) mass is 433 g/mol. The van der Waals surface area contributed by atoms with E-state index >= 15 is 0 Å². The van der Waals surface area contributed by atoms with E-state index in [-0.39, 0.29) is 6.03 Å². The molecule has 0 saturated heterocycles. The van der Waals surface area contributed by atoms with Crippen LogP contribution in [0.25, 0.3) is 0 Å². The highest BCUT2D eigenvalue weighted by molar-refractivity contribution is 6.00. The summed E-state index contributed by atoms with van der Waals surface area (Å²) >= 11 is 0. The lowest BCUT2D eigenvalue weighted by Gasteiger charge is -2.11. The van der Waals surface area contributed by atoms with Crippen molar-refractivity contribution in [3.05, 3.63) is 77.7 Å². The van der Waals surface area contributed by atoms with E-state index in [9.17, 15) is 4.79 Å². The zero-order valence-corrected chi connectivity index (χ0v) is 19.3. The Hall–Kier alpha value is -3.87. The lowest BCUT2D eigenvalue weighted by molar-refractivity contribution is 0.262. The predicted molar refractivity (Wildman–Crippen MR) is 133 cm³/mol. The Kier molecular flexibility index (Phi) is 9.71. The summed E-state index contributed by atoms with van der Waals surface area (Å²) in [6.45, 7) is 7.97. The summed E-state index contributed by atoms with van der Waals surface area (Å²) < 4.78 is 5.71. The highest BCUT2D eigenvalue weighted by Gasteiger charge is 2.08. The number of aryl methyl sites for hydroxylation is 2. The molecule has 1 heterocycles. The minimum Gasteiger partial charge on any atom is -0.428 e. The van der Waals surface area contributed by atoms with Crippen LogP contribution in [-0.4, -0.2) is 24.3 Å². The number of carbonyl (C=O) groups excluding carboxylic acids is 1. The topological polar surface area (TPSA) is 91.5 Å². The number of aromatic nitrogens is 1. The highest BCUT2D eigenvalue weighted by Crippen LogP contribution is 2.24. The number of anilines is 4. The van der Waals surface area contributed by atoms with Crippen molar-refractivity contribution in [2.24, 2.45) is 4.99 Å². The summed E-state index contributed by atoms with van der Waals surface area (Å²) in [7, 11) is 1.72. The van der Waals surface area contributed by atoms with Crippen molar-refractivity contribution < 1.29 is 9.21 Å². The number of allylic oxidation sites excluding steroid dienone is 2. The third-order valence-electron chi connectivity index (χ3n) is 4.29. The summed E-state index contributed by atoms with van der Waals surface area (Å²) in [6, 6.07) is 13.3. The number of nitrogens with zero attached hydrogens (tertiary/aromatic N) is 2. The van der Waals surface area contributed by atoms with Gasteiger partial charge >= 0.3 is 6.03 Å². The molecule has 0 radical (unpaired) electrons. The Bertz CT molecular complexity index is 1050. The summed E-state index contributed by atoms with van der Waals surface area (Å²) in [5.41, 5.74) is 4.32. The van der Waals surface area contributed by atoms with Gasteiger partial charge in [0, 0.05) is 36.7 Å². The largest absolute Gasteiger partial charge is 0.428 e. The van der Waals surface area contributed by atoms with Crippen LogP contribution in [0.15, 0.2) is 70.2 Å². The van der Waals surface area contributed by atoms with E-state index in [0.29, 0.717) is 18.1 Å². The fourth-order valence-corrected chi connectivity index (χ4v) is 2.67. The van der Waals surface area contributed by atoms with Gasteiger partial charge in [0.1, 0.15) is 5.76 Å². The minimum absolute atomic E-state index is 0.311. The van der Waals surface area contributed by atoms with Crippen molar-refractivity contribution >= 4 is 35.3 Å². The Morgan fingerprint density at radius 3 is 2.47 bits per heavy atom. The molecule has 2 aromatic carbocycles. The SMILES string of the molecule is CC.CN=C/C=C\Cc1cnc(Nc2cc(NC(=O)Nc3ccc(C)cc3)ccc2C)o1. The lowest BCUT2D eigenvalue weighted by Crippen LogP contribution is -2.19. The van der Waals surface area contributed by atoms with Gasteiger partial charge in [-0.1, -0.05) is 43.7 Å². The van der Waals surface area contributed by atoms with Crippen LogP contribution in [-0.2, 0) is 6.42 Å². The van der Waals surface area contributed by atoms with Gasteiger partial charge in [0.05, 0.1) is 6.20 Å². The van der Waals surface area contributed by atoms with E-state index in [1.165, 1.54) is 0 Å². The molecule has 2 amide bonds. The molecule has 0 atom stereocenters. The van der Waals surface area contributed by atoms with E-state index in [0.717, 1.165) is 28.3 Å². The molecular weight excluding hydrogens is 402 g/mol. The summed E-state index contributed by atoms with van der Waals surface area (Å²) in [5, 5.41) is 8.82. The number of hydrogen-bond acceptors (Lipinski definition) is 5. The van der Waals surface area contributed by atoms with Gasteiger partial charge in [-0.05, 0) is 49.8 Å². The van der Waals surface area contributed by atoms with E-state index in [1.807, 2.05) is 82.3 Å². The molecule has 0 aliphatic carbocycles. The Labute approximate surface area is 189 Å². The van der Waals surface area contributed by atoms with Gasteiger partial charge in [0.15, 0.2) is 0 Å². The van der Waals surface area contributed by atoms with E-state index in [4.69, 9.17) is 4.42 Å². The number of oxazole rings is 1. The first-order valence-electron chi connectivity index (χ1n) is 10.6. The average Bonchev–Trinajstić information content (AvgIpc) is 3.24. The smallest absolute Gasteiger partial charge is 0.323 e. The van der Waals surface area contributed by atoms with Crippen LogP contribution in [0.3, 0.4) is 0 Å². The Balaban J connectivity index is 0.00000176. The van der Waals surface area contributed by atoms with E-state index in [1.54, 1.807) is 19.5 Å². The Morgan fingerprint density at radius 1 is 1.06 bits per heavy atom. The molecule has 0 aliphatic rings. The van der Waals surface area contributed by atoms with Crippen molar-refractivity contribution in [1.82, 2.24) is 4.98 Å². The minimum atomic E-state index is -0.311. The van der Waals surface area contributed by atoms with Gasteiger partial charge in [0.25, 0.3) is 6.01 Å². The summed E-state index contributed by atoms with van der Waals surface area (Å²) in [4.78, 5) is 20.4. The third-order valence-corrected chi connectivity index (χ3v) is 4.29. The van der Waals surface area contributed by atoms with Crippen LogP contribution in [0, 0.1) is 13.8 Å². The van der Waals surface area contributed by atoms with Crippen LogP contribution in [0.2, 0.25) is 0 Å². The third kappa shape index (κ3) is 7.75. The molecule has 0 saturated carbocycles. The second-order valence-corrected chi connectivity index (χ2v) is 6.77. The zero-order chi connectivity index (χ0) is 23.3. The molecule has 3 rings (SSSR count). The molecular formula is C25H31N5O2. The van der Waals surface area contributed by atoms with Crippen molar-refractivity contribution in [2.45, 2.75) is 34.1 Å². The first kappa shape index (κ1) is 24.4. The van der Waals surface area contributed by atoms with Crippen molar-refractivity contribution in [3.63, 3.8) is 0 Å². The van der Waals surface area contributed by atoms with E-state index < -0.39 is 0 Å². The van der Waals surface area contributed by atoms with Gasteiger partial charge in [-0.3, -0.25) is 4.99 Å². The molecule has 0 unspecified atom stereocenters. The number of benzene rings is 2. The fraction of sp³-hybridized carbons (Fsp3) is 0.240. The molecule has 1 aromatic heterocycles. The number of nitrogens with one attached hydrogen (secondary N) is 3. The maximum atomic E-state index is 12.3. The maximum Gasteiger partial charge on any atom is 0.323 e. The van der Waals surface area contributed by atoms with Crippen molar-refractivity contribution in [3.8, 4) is 0 Å². The van der Waals surface area contributed by atoms with Gasteiger partial charge in [-0.2, -0.15) is 0 Å². The quantitative estimate of drug-likeness (QED) is 0.371. The lowest BCUT2D eigenvalue weighted by atomic mass is 10.2. The fourth-order valence-electron chi connectivity index (χ4n) is 2.67. The molecule has 168 valence electrons. The van der Waals surface area contributed by atoms with Crippen LogP contribution in [0.5, 0.6) is 0 Å². The number of rotatable bonds is 7. The van der Waals surface area contributed by atoms with Gasteiger partial charge < -0.3 is 20.4 Å². The number of carbonyl (C=O) groups is 1. The van der Waals surface area contributed by atoms with Crippen LogP contribution in [0.1, 0.15) is 30.7 Å². The molecule has 0 spiro atoms. The first-order valence-corrected chi connectivity index (χ1v) is 10.6. The molecule has 0 bridgehead atoms. The second kappa shape index (κ2) is 12.7. The molecule has 3 N–H and O–H groups in total.